The van der Waals surface area contributed by atoms with Crippen molar-refractivity contribution in [1.29, 1.82) is 5.41 Å². The van der Waals surface area contributed by atoms with Crippen LogP contribution in [0.1, 0.15) is 20.3 Å². The van der Waals surface area contributed by atoms with Gasteiger partial charge in [-0.1, -0.05) is 19.4 Å². The van der Waals surface area contributed by atoms with E-state index in [1.807, 2.05) is 13.8 Å². The smallest absolute Gasteiger partial charge is 0.254 e. The van der Waals surface area contributed by atoms with Crippen molar-refractivity contribution in [1.82, 2.24) is 4.90 Å². The summed E-state index contributed by atoms with van der Waals surface area (Å²) in [5.74, 6) is 0. The number of hydrogen-bond donors (Lipinski definition) is 1. The fourth-order valence-corrected chi connectivity index (χ4v) is 3.28. The number of hydrogen-bond acceptors (Lipinski definition) is 4. The van der Waals surface area contributed by atoms with E-state index in [4.69, 9.17) is 16.1 Å². The monoisotopic (exact) mass is 250 g/mol. The molecule has 1 unspecified atom stereocenters. The maximum atomic E-state index is 11.3. The number of nitrogens with zero attached hydrogens (tertiary/aromatic N) is 1. The Hall–Kier alpha value is -0.390. The highest BCUT2D eigenvalue weighted by molar-refractivity contribution is 8.14. The predicted octanol–water partition coefficient (Wildman–Crippen LogP) is 1.57. The first-order valence-electron chi connectivity index (χ1n) is 4.85. The van der Waals surface area contributed by atoms with E-state index < -0.39 is 14.4 Å². The van der Waals surface area contributed by atoms with E-state index in [2.05, 4.69) is 0 Å². The zero-order valence-corrected chi connectivity index (χ0v) is 10.4. The summed E-state index contributed by atoms with van der Waals surface area (Å²) in [5, 5.41) is 6.70. The number of halogens is 1. The van der Waals surface area contributed by atoms with Crippen LogP contribution in [-0.2, 0) is 9.05 Å². The number of nitrogens with one attached hydrogen (secondary N) is 1. The molecule has 1 aliphatic rings. The average molecular weight is 251 g/mol. The van der Waals surface area contributed by atoms with Crippen LogP contribution in [0.25, 0.3) is 0 Å². The third-order valence-corrected chi connectivity index (χ3v) is 4.08. The molecule has 0 fully saturated rings. The molecule has 1 rings (SSSR count). The highest BCUT2D eigenvalue weighted by Crippen LogP contribution is 2.22. The molecule has 0 radical (unpaired) electrons. The quantitative estimate of drug-likeness (QED) is 0.774. The Morgan fingerprint density at radius 2 is 2.20 bits per heavy atom. The molecule has 1 N–H and O–H groups in total. The van der Waals surface area contributed by atoms with E-state index in [-0.39, 0.29) is 5.71 Å². The molecule has 0 saturated heterocycles. The zero-order chi connectivity index (χ0) is 11.6. The van der Waals surface area contributed by atoms with Crippen LogP contribution < -0.4 is 0 Å². The van der Waals surface area contributed by atoms with Crippen molar-refractivity contribution >= 4 is 25.4 Å². The zero-order valence-electron chi connectivity index (χ0n) is 8.83. The molecule has 0 aliphatic carbocycles. The van der Waals surface area contributed by atoms with Gasteiger partial charge in [0.05, 0.1) is 5.71 Å². The molecule has 6 heteroatoms. The predicted molar refractivity (Wildman–Crippen MR) is 61.9 cm³/mol. The van der Waals surface area contributed by atoms with Gasteiger partial charge < -0.3 is 5.41 Å². The topological polar surface area (TPSA) is 61.2 Å². The second kappa shape index (κ2) is 4.63. The summed E-state index contributed by atoms with van der Waals surface area (Å²) in [5.41, 5.74) is 1.13. The normalized spacial score (nSPS) is 24.1. The molecule has 1 heterocycles. The Morgan fingerprint density at radius 3 is 2.60 bits per heavy atom. The Balaban J connectivity index is 3.08. The van der Waals surface area contributed by atoms with Crippen LogP contribution in [0.3, 0.4) is 0 Å². The van der Waals surface area contributed by atoms with Gasteiger partial charge in [-0.15, -0.1) is 0 Å². The highest BCUT2D eigenvalue weighted by atomic mass is 35.7. The molecule has 0 saturated carbocycles. The minimum atomic E-state index is -3.74. The van der Waals surface area contributed by atoms with Crippen molar-refractivity contribution in [3.63, 3.8) is 0 Å². The van der Waals surface area contributed by atoms with Crippen molar-refractivity contribution in [3.8, 4) is 0 Å². The molecule has 1 atom stereocenters. The summed E-state index contributed by atoms with van der Waals surface area (Å²) in [6.07, 6.45) is 2.45. The molecule has 15 heavy (non-hydrogen) atoms. The third-order valence-electron chi connectivity index (χ3n) is 2.49. The van der Waals surface area contributed by atoms with Gasteiger partial charge in [0.15, 0.2) is 5.37 Å². The van der Waals surface area contributed by atoms with Crippen LogP contribution >= 0.6 is 10.7 Å². The molecule has 1 aliphatic heterocycles. The first kappa shape index (κ1) is 12.7. The van der Waals surface area contributed by atoms with Crippen LogP contribution in [0, 0.1) is 5.41 Å². The van der Waals surface area contributed by atoms with Gasteiger partial charge in [0.1, 0.15) is 0 Å². The molecular weight excluding hydrogens is 236 g/mol. The summed E-state index contributed by atoms with van der Waals surface area (Å²) in [7, 11) is 1.59. The highest BCUT2D eigenvalue weighted by Gasteiger charge is 2.35. The van der Waals surface area contributed by atoms with E-state index >= 15 is 0 Å². The third kappa shape index (κ3) is 2.80. The van der Waals surface area contributed by atoms with Gasteiger partial charge in [-0.2, -0.15) is 0 Å². The average Bonchev–Trinajstić information content (AvgIpc) is 2.14. The molecule has 0 amide bonds. The molecule has 0 aromatic heterocycles. The number of rotatable bonds is 3. The standard InChI is InChI=1S/C9H15ClN2O2S/c1-3-7-5-8(11)9(15(10,13)14)12(4-2)6-7/h5,9,11H,3-4,6H2,1-2H3. The van der Waals surface area contributed by atoms with Crippen molar-refractivity contribution < 1.29 is 8.42 Å². The van der Waals surface area contributed by atoms with Crippen LogP contribution in [0.2, 0.25) is 0 Å². The lowest BCUT2D eigenvalue weighted by molar-refractivity contribution is 0.318. The summed E-state index contributed by atoms with van der Waals surface area (Å²) >= 11 is 0. The molecule has 86 valence electrons. The van der Waals surface area contributed by atoms with Crippen molar-refractivity contribution in [2.45, 2.75) is 25.6 Å². The molecular formula is C9H15ClN2O2S. The summed E-state index contributed by atoms with van der Waals surface area (Å²) in [4.78, 5) is 1.70. The summed E-state index contributed by atoms with van der Waals surface area (Å²) in [6.45, 7) is 4.99. The Morgan fingerprint density at radius 1 is 1.60 bits per heavy atom. The Bertz CT molecular complexity index is 389. The van der Waals surface area contributed by atoms with E-state index in [1.54, 1.807) is 11.0 Å². The lowest BCUT2D eigenvalue weighted by Gasteiger charge is -2.32. The van der Waals surface area contributed by atoms with Gasteiger partial charge in [-0.25, -0.2) is 8.42 Å². The van der Waals surface area contributed by atoms with Crippen LogP contribution in [0.5, 0.6) is 0 Å². The minimum absolute atomic E-state index is 0.0648. The minimum Gasteiger partial charge on any atom is -0.302 e. The fourth-order valence-electron chi connectivity index (χ4n) is 1.70. The van der Waals surface area contributed by atoms with E-state index in [9.17, 15) is 8.42 Å². The maximum absolute atomic E-state index is 11.3. The van der Waals surface area contributed by atoms with Gasteiger partial charge in [0.25, 0.3) is 9.05 Å². The maximum Gasteiger partial charge on any atom is 0.254 e. The van der Waals surface area contributed by atoms with E-state index in [0.717, 1.165) is 12.0 Å². The lowest BCUT2D eigenvalue weighted by Crippen LogP contribution is -2.47. The van der Waals surface area contributed by atoms with Crippen molar-refractivity contribution in [3.05, 3.63) is 11.6 Å². The van der Waals surface area contributed by atoms with Crippen molar-refractivity contribution in [2.75, 3.05) is 13.1 Å². The first-order valence-corrected chi connectivity index (χ1v) is 7.22. The van der Waals surface area contributed by atoms with Gasteiger partial charge in [-0.05, 0) is 19.0 Å². The van der Waals surface area contributed by atoms with Gasteiger partial charge in [0, 0.05) is 17.2 Å². The molecule has 0 aromatic carbocycles. The lowest BCUT2D eigenvalue weighted by atomic mass is 10.1. The summed E-state index contributed by atoms with van der Waals surface area (Å²) in [6, 6.07) is 0. The SMILES string of the molecule is CCC1=CC(=N)C(S(=O)(=O)Cl)N(CC)C1. The van der Waals surface area contributed by atoms with Crippen LogP contribution in [0.15, 0.2) is 11.6 Å². The first-order chi connectivity index (χ1) is 6.90. The molecule has 4 nitrogen and oxygen atoms in total. The number of likely N-dealkylation sites (N-methyl/N-ethyl adjacent to an activating group) is 1. The molecule has 0 spiro atoms. The van der Waals surface area contributed by atoms with Gasteiger partial charge in [0.2, 0.25) is 0 Å². The fraction of sp³-hybridized carbons (Fsp3) is 0.667. The summed E-state index contributed by atoms with van der Waals surface area (Å²) < 4.78 is 22.6. The Kier molecular flexibility index (Phi) is 3.92. The van der Waals surface area contributed by atoms with E-state index in [0.29, 0.717) is 13.1 Å². The van der Waals surface area contributed by atoms with Gasteiger partial charge in [-0.3, -0.25) is 4.90 Å². The largest absolute Gasteiger partial charge is 0.302 e. The second-order valence-corrected chi connectivity index (χ2v) is 6.19. The van der Waals surface area contributed by atoms with E-state index in [1.165, 1.54) is 0 Å². The second-order valence-electron chi connectivity index (χ2n) is 3.50. The van der Waals surface area contributed by atoms with Crippen LogP contribution in [-0.4, -0.2) is 37.5 Å². The molecule has 0 aromatic rings. The van der Waals surface area contributed by atoms with Crippen molar-refractivity contribution in [2.24, 2.45) is 0 Å². The molecule has 0 bridgehead atoms. The Labute approximate surface area is 94.8 Å². The van der Waals surface area contributed by atoms with Crippen LogP contribution in [0.4, 0.5) is 0 Å². The van der Waals surface area contributed by atoms with Gasteiger partial charge >= 0.3 is 0 Å².